The van der Waals surface area contributed by atoms with Crippen LogP contribution < -0.4 is 0 Å². The number of sulfonamides is 1. The molecule has 1 aromatic heterocycles. The third-order valence-electron chi connectivity index (χ3n) is 4.94. The molecule has 0 bridgehead atoms. The van der Waals surface area contributed by atoms with E-state index in [2.05, 4.69) is 5.10 Å². The van der Waals surface area contributed by atoms with Crippen LogP contribution in [-0.4, -0.2) is 76.0 Å². The number of β-amino-alcohol motifs (C(OH)–C–C–N with tert-alkyl or cyclic N) is 1. The zero-order valence-corrected chi connectivity index (χ0v) is 14.2. The Balaban J connectivity index is 1.78. The van der Waals surface area contributed by atoms with Gasteiger partial charge in [0.15, 0.2) is 0 Å². The van der Waals surface area contributed by atoms with Gasteiger partial charge in [-0.3, -0.25) is 9.48 Å². The number of piperidine rings is 1. The van der Waals surface area contributed by atoms with Crippen LogP contribution in [0.4, 0.5) is 0 Å². The summed E-state index contributed by atoms with van der Waals surface area (Å²) in [6.45, 7) is 1.00. The van der Waals surface area contributed by atoms with Crippen LogP contribution in [0, 0.1) is 0 Å². The van der Waals surface area contributed by atoms with Crippen molar-refractivity contribution in [2.75, 3.05) is 25.9 Å². The first kappa shape index (κ1) is 16.4. The first-order valence-corrected chi connectivity index (χ1v) is 9.53. The number of aromatic nitrogens is 2. The van der Waals surface area contributed by atoms with Gasteiger partial charge in [0.2, 0.25) is 10.0 Å². The molecule has 9 heteroatoms. The number of aliphatic hydroxyl groups excluding tert-OH is 1. The van der Waals surface area contributed by atoms with Crippen molar-refractivity contribution in [1.29, 1.82) is 0 Å². The molecule has 3 rings (SSSR count). The minimum atomic E-state index is -3.37. The highest BCUT2D eigenvalue weighted by Gasteiger charge is 2.53. The lowest BCUT2D eigenvalue weighted by atomic mass is 9.83. The number of amides is 1. The molecule has 1 N–H and O–H groups in total. The number of carbonyl (C=O) groups is 1. The van der Waals surface area contributed by atoms with Gasteiger partial charge in [-0.25, -0.2) is 8.42 Å². The molecular formula is C14H22N4O4S. The molecule has 8 nitrogen and oxygen atoms in total. The normalized spacial score (nSPS) is 29.3. The Bertz CT molecular complexity index is 716. The van der Waals surface area contributed by atoms with Crippen LogP contribution in [-0.2, 0) is 17.1 Å². The zero-order valence-electron chi connectivity index (χ0n) is 13.3. The molecular weight excluding hydrogens is 320 g/mol. The van der Waals surface area contributed by atoms with Crippen LogP contribution in [0.25, 0.3) is 0 Å². The summed E-state index contributed by atoms with van der Waals surface area (Å²) in [7, 11) is -1.64. The lowest BCUT2D eigenvalue weighted by Gasteiger charge is -2.47. The average molecular weight is 342 g/mol. The molecule has 0 radical (unpaired) electrons. The molecule has 2 atom stereocenters. The monoisotopic (exact) mass is 342 g/mol. The summed E-state index contributed by atoms with van der Waals surface area (Å²) in [5.41, 5.74) is -0.290. The van der Waals surface area contributed by atoms with Gasteiger partial charge >= 0.3 is 0 Å². The van der Waals surface area contributed by atoms with E-state index in [4.69, 9.17) is 0 Å². The van der Waals surface area contributed by atoms with E-state index in [0.717, 1.165) is 6.42 Å². The Labute approximate surface area is 135 Å². The van der Waals surface area contributed by atoms with Crippen molar-refractivity contribution in [3.63, 3.8) is 0 Å². The summed E-state index contributed by atoms with van der Waals surface area (Å²) in [6.07, 6.45) is 5.26. The van der Waals surface area contributed by atoms with E-state index < -0.39 is 21.7 Å². The molecule has 0 aromatic carbocycles. The molecule has 23 heavy (non-hydrogen) atoms. The van der Waals surface area contributed by atoms with E-state index in [-0.39, 0.29) is 12.5 Å². The Morgan fingerprint density at radius 3 is 2.70 bits per heavy atom. The number of aliphatic hydroxyl groups is 1. The maximum atomic E-state index is 12.5. The molecule has 2 saturated heterocycles. The first-order chi connectivity index (χ1) is 10.7. The average Bonchev–Trinajstić information content (AvgIpc) is 3.08. The largest absolute Gasteiger partial charge is 0.389 e. The number of nitrogens with zero attached hydrogens (tertiary/aromatic N) is 4. The van der Waals surface area contributed by atoms with E-state index in [1.807, 2.05) is 0 Å². The maximum absolute atomic E-state index is 12.5. The molecule has 2 fully saturated rings. The van der Waals surface area contributed by atoms with Gasteiger partial charge in [0.05, 0.1) is 29.7 Å². The van der Waals surface area contributed by atoms with Gasteiger partial charge < -0.3 is 10.0 Å². The van der Waals surface area contributed by atoms with Crippen molar-refractivity contribution in [3.05, 3.63) is 18.0 Å². The molecule has 1 amide bonds. The standard InChI is InChI=1S/C14H22N4O4S/c1-16-9-11(8-15-16)13(20)17-7-5-14(12(19)10-17)4-3-6-18(14)23(2,21)22/h8-9,12,19H,3-7,10H2,1-2H3/t12-,14-/m0/s1. The SMILES string of the molecule is Cn1cc(C(=O)N2CC[C@@]3(CCCN3S(C)(=O)=O)[C@@H](O)C2)cn1. The number of aryl methyl sites for hydroxylation is 1. The fourth-order valence-corrected chi connectivity index (χ4v) is 5.24. The summed E-state index contributed by atoms with van der Waals surface area (Å²) in [5.74, 6) is -0.184. The van der Waals surface area contributed by atoms with Crippen LogP contribution in [0.5, 0.6) is 0 Å². The molecule has 2 aliphatic rings. The molecule has 128 valence electrons. The van der Waals surface area contributed by atoms with Gasteiger partial charge in [0.1, 0.15) is 0 Å². The van der Waals surface area contributed by atoms with E-state index in [1.165, 1.54) is 16.8 Å². The minimum absolute atomic E-state index is 0.139. The van der Waals surface area contributed by atoms with Crippen LogP contribution in [0.1, 0.15) is 29.6 Å². The van der Waals surface area contributed by atoms with Gasteiger partial charge in [0, 0.05) is 32.9 Å². The quantitative estimate of drug-likeness (QED) is 0.776. The summed E-state index contributed by atoms with van der Waals surface area (Å²) in [5, 5.41) is 14.6. The van der Waals surface area contributed by atoms with Crippen molar-refractivity contribution >= 4 is 15.9 Å². The Morgan fingerprint density at radius 1 is 1.39 bits per heavy atom. The third-order valence-corrected chi connectivity index (χ3v) is 6.28. The van der Waals surface area contributed by atoms with Crippen LogP contribution in [0.2, 0.25) is 0 Å². The maximum Gasteiger partial charge on any atom is 0.257 e. The molecule has 2 aliphatic heterocycles. The first-order valence-electron chi connectivity index (χ1n) is 7.68. The zero-order chi connectivity index (χ0) is 16.8. The Hall–Kier alpha value is -1.45. The molecule has 0 aliphatic carbocycles. The number of rotatable bonds is 2. The van der Waals surface area contributed by atoms with Gasteiger partial charge in [0.25, 0.3) is 5.91 Å². The highest BCUT2D eigenvalue weighted by Crippen LogP contribution is 2.40. The second-order valence-electron chi connectivity index (χ2n) is 6.46. The van der Waals surface area contributed by atoms with Crippen molar-refractivity contribution in [3.8, 4) is 0 Å². The van der Waals surface area contributed by atoms with Crippen molar-refractivity contribution in [1.82, 2.24) is 19.0 Å². The molecule has 1 aromatic rings. The highest BCUT2D eigenvalue weighted by atomic mass is 32.2. The third kappa shape index (κ3) is 2.77. The van der Waals surface area contributed by atoms with Gasteiger partial charge in [-0.05, 0) is 19.3 Å². The lowest BCUT2D eigenvalue weighted by Crippen LogP contribution is -2.63. The summed E-state index contributed by atoms with van der Waals surface area (Å²) in [6, 6.07) is 0. The van der Waals surface area contributed by atoms with Gasteiger partial charge in [-0.15, -0.1) is 0 Å². The van der Waals surface area contributed by atoms with E-state index in [9.17, 15) is 18.3 Å². The fraction of sp³-hybridized carbons (Fsp3) is 0.714. The molecule has 1 spiro atoms. The number of hydrogen-bond acceptors (Lipinski definition) is 5. The lowest BCUT2D eigenvalue weighted by molar-refractivity contribution is -0.0292. The topological polar surface area (TPSA) is 95.7 Å². The Morgan fingerprint density at radius 2 is 2.13 bits per heavy atom. The fourth-order valence-electron chi connectivity index (χ4n) is 3.82. The van der Waals surface area contributed by atoms with Crippen LogP contribution >= 0.6 is 0 Å². The van der Waals surface area contributed by atoms with Crippen molar-refractivity contribution in [2.45, 2.75) is 30.9 Å². The van der Waals surface area contributed by atoms with E-state index >= 15 is 0 Å². The number of likely N-dealkylation sites (tertiary alicyclic amines) is 1. The van der Waals surface area contributed by atoms with E-state index in [1.54, 1.807) is 22.8 Å². The second kappa shape index (κ2) is 5.57. The predicted molar refractivity (Wildman–Crippen MR) is 83.3 cm³/mol. The Kier molecular flexibility index (Phi) is 3.97. The molecule has 3 heterocycles. The molecule has 0 unspecified atom stereocenters. The summed E-state index contributed by atoms with van der Waals surface area (Å²) < 4.78 is 27.0. The van der Waals surface area contributed by atoms with E-state index in [0.29, 0.717) is 31.5 Å². The summed E-state index contributed by atoms with van der Waals surface area (Å²) in [4.78, 5) is 14.0. The van der Waals surface area contributed by atoms with Crippen LogP contribution in [0.15, 0.2) is 12.4 Å². The smallest absolute Gasteiger partial charge is 0.257 e. The minimum Gasteiger partial charge on any atom is -0.389 e. The van der Waals surface area contributed by atoms with Crippen molar-refractivity contribution < 1.29 is 18.3 Å². The molecule has 0 saturated carbocycles. The number of carbonyl (C=O) groups excluding carboxylic acids is 1. The van der Waals surface area contributed by atoms with Crippen LogP contribution in [0.3, 0.4) is 0 Å². The summed E-state index contributed by atoms with van der Waals surface area (Å²) >= 11 is 0. The van der Waals surface area contributed by atoms with Crippen molar-refractivity contribution in [2.24, 2.45) is 7.05 Å². The number of hydrogen-bond donors (Lipinski definition) is 1. The highest BCUT2D eigenvalue weighted by molar-refractivity contribution is 7.88. The van der Waals surface area contributed by atoms with Gasteiger partial charge in [-0.1, -0.05) is 0 Å². The second-order valence-corrected chi connectivity index (χ2v) is 8.37. The van der Waals surface area contributed by atoms with Gasteiger partial charge in [-0.2, -0.15) is 9.40 Å². The predicted octanol–water partition coefficient (Wildman–Crippen LogP) is -0.579.